The lowest BCUT2D eigenvalue weighted by Crippen LogP contribution is -2.43. The predicted molar refractivity (Wildman–Crippen MR) is 74.0 cm³/mol. The Morgan fingerprint density at radius 1 is 0.938 bits per heavy atom. The van der Waals surface area contributed by atoms with Gasteiger partial charge in [0.2, 0.25) is 0 Å². The molecule has 0 aromatic carbocycles. The quantitative estimate of drug-likeness (QED) is 0.617. The van der Waals surface area contributed by atoms with Gasteiger partial charge in [0.05, 0.1) is 0 Å². The average molecular weight is 228 g/mol. The summed E-state index contributed by atoms with van der Waals surface area (Å²) >= 11 is 0. The number of nitrogens with zero attached hydrogens (tertiary/aromatic N) is 1. The third kappa shape index (κ3) is 8.12. The Hall–Kier alpha value is -0.0800. The molecule has 0 aromatic heterocycles. The molecule has 0 rings (SSSR count). The van der Waals surface area contributed by atoms with Crippen LogP contribution in [0.1, 0.15) is 60.3 Å². The largest absolute Gasteiger partial charge is 0.313 e. The molecule has 0 saturated heterocycles. The molecule has 0 radical (unpaired) electrons. The fraction of sp³-hybridized carbons (Fsp3) is 1.00. The molecule has 98 valence electrons. The number of nitrogens with one attached hydrogen (secondary N) is 1. The fourth-order valence-electron chi connectivity index (χ4n) is 1.81. The predicted octanol–water partition coefficient (Wildman–Crippen LogP) is 3.28. The second-order valence-electron chi connectivity index (χ2n) is 5.16. The van der Waals surface area contributed by atoms with E-state index in [1.54, 1.807) is 0 Å². The van der Waals surface area contributed by atoms with E-state index in [1.807, 2.05) is 0 Å². The Balaban J connectivity index is 3.92. The third-order valence-corrected chi connectivity index (χ3v) is 3.04. The van der Waals surface area contributed by atoms with Gasteiger partial charge in [0.15, 0.2) is 0 Å². The van der Waals surface area contributed by atoms with Crippen LogP contribution < -0.4 is 5.32 Å². The SMILES string of the molecule is CCCCN(CCCC)C(C)CNC(C)C. The van der Waals surface area contributed by atoms with E-state index in [4.69, 9.17) is 0 Å². The number of rotatable bonds is 10. The zero-order chi connectivity index (χ0) is 12.4. The van der Waals surface area contributed by atoms with Crippen LogP contribution in [-0.4, -0.2) is 36.6 Å². The van der Waals surface area contributed by atoms with Gasteiger partial charge in [-0.2, -0.15) is 0 Å². The third-order valence-electron chi connectivity index (χ3n) is 3.04. The van der Waals surface area contributed by atoms with Crippen molar-refractivity contribution in [2.24, 2.45) is 0 Å². The standard InChI is InChI=1S/C14H32N2/c1-6-8-10-16(11-9-7-2)14(5)12-15-13(3)4/h13-15H,6-12H2,1-5H3. The zero-order valence-corrected chi connectivity index (χ0v) is 12.1. The molecular weight excluding hydrogens is 196 g/mol. The molecule has 0 fully saturated rings. The lowest BCUT2D eigenvalue weighted by atomic mass is 10.2. The Morgan fingerprint density at radius 3 is 1.81 bits per heavy atom. The molecule has 0 saturated carbocycles. The summed E-state index contributed by atoms with van der Waals surface area (Å²) in [5, 5.41) is 3.54. The van der Waals surface area contributed by atoms with E-state index in [0.29, 0.717) is 12.1 Å². The summed E-state index contributed by atoms with van der Waals surface area (Å²) in [7, 11) is 0. The lowest BCUT2D eigenvalue weighted by molar-refractivity contribution is 0.196. The van der Waals surface area contributed by atoms with E-state index in [0.717, 1.165) is 6.54 Å². The van der Waals surface area contributed by atoms with Crippen molar-refractivity contribution in [3.05, 3.63) is 0 Å². The Labute approximate surface area is 103 Å². The summed E-state index contributed by atoms with van der Waals surface area (Å²) < 4.78 is 0. The molecule has 0 aliphatic heterocycles. The Bertz CT molecular complexity index is 138. The first-order valence-corrected chi connectivity index (χ1v) is 7.09. The number of hydrogen-bond acceptors (Lipinski definition) is 2. The van der Waals surface area contributed by atoms with Crippen LogP contribution in [0.2, 0.25) is 0 Å². The summed E-state index contributed by atoms with van der Waals surface area (Å²) in [6, 6.07) is 1.27. The summed E-state index contributed by atoms with van der Waals surface area (Å²) in [5.74, 6) is 0. The van der Waals surface area contributed by atoms with Gasteiger partial charge in [-0.25, -0.2) is 0 Å². The molecule has 1 unspecified atom stereocenters. The molecule has 0 aromatic rings. The van der Waals surface area contributed by atoms with Gasteiger partial charge in [0.1, 0.15) is 0 Å². The van der Waals surface area contributed by atoms with Gasteiger partial charge < -0.3 is 5.32 Å². The van der Waals surface area contributed by atoms with Crippen molar-refractivity contribution >= 4 is 0 Å². The van der Waals surface area contributed by atoms with Crippen LogP contribution in [0, 0.1) is 0 Å². The summed E-state index contributed by atoms with van der Waals surface area (Å²) in [5.41, 5.74) is 0. The summed E-state index contributed by atoms with van der Waals surface area (Å²) in [6.07, 6.45) is 5.26. The molecule has 0 amide bonds. The van der Waals surface area contributed by atoms with Crippen LogP contribution in [0.5, 0.6) is 0 Å². The van der Waals surface area contributed by atoms with Crippen LogP contribution in [-0.2, 0) is 0 Å². The zero-order valence-electron chi connectivity index (χ0n) is 12.1. The first-order valence-electron chi connectivity index (χ1n) is 7.09. The highest BCUT2D eigenvalue weighted by Crippen LogP contribution is 2.04. The normalized spacial score (nSPS) is 13.7. The summed E-state index contributed by atoms with van der Waals surface area (Å²) in [6.45, 7) is 15.0. The van der Waals surface area contributed by atoms with E-state index < -0.39 is 0 Å². The molecule has 0 bridgehead atoms. The van der Waals surface area contributed by atoms with E-state index >= 15 is 0 Å². The Kier molecular flexibility index (Phi) is 10.0. The van der Waals surface area contributed by atoms with Crippen molar-refractivity contribution in [1.29, 1.82) is 0 Å². The van der Waals surface area contributed by atoms with Crippen LogP contribution in [0.3, 0.4) is 0 Å². The van der Waals surface area contributed by atoms with E-state index in [2.05, 4.69) is 44.8 Å². The van der Waals surface area contributed by atoms with Crippen molar-refractivity contribution in [3.63, 3.8) is 0 Å². The van der Waals surface area contributed by atoms with Crippen LogP contribution in [0.4, 0.5) is 0 Å². The highest BCUT2D eigenvalue weighted by atomic mass is 15.2. The van der Waals surface area contributed by atoms with E-state index in [1.165, 1.54) is 38.8 Å². The average Bonchev–Trinajstić information content (AvgIpc) is 2.26. The molecule has 16 heavy (non-hydrogen) atoms. The smallest absolute Gasteiger partial charge is 0.0192 e. The van der Waals surface area contributed by atoms with Gasteiger partial charge in [-0.1, -0.05) is 40.5 Å². The monoisotopic (exact) mass is 228 g/mol. The fourth-order valence-corrected chi connectivity index (χ4v) is 1.81. The van der Waals surface area contributed by atoms with Crippen molar-refractivity contribution in [2.45, 2.75) is 72.4 Å². The van der Waals surface area contributed by atoms with Crippen molar-refractivity contribution in [1.82, 2.24) is 10.2 Å². The lowest BCUT2D eigenvalue weighted by Gasteiger charge is -2.30. The van der Waals surface area contributed by atoms with Gasteiger partial charge in [-0.3, -0.25) is 4.90 Å². The minimum absolute atomic E-state index is 0.599. The molecule has 0 spiro atoms. The van der Waals surface area contributed by atoms with Crippen molar-refractivity contribution in [2.75, 3.05) is 19.6 Å². The summed E-state index contributed by atoms with van der Waals surface area (Å²) in [4.78, 5) is 2.64. The maximum atomic E-state index is 3.54. The molecule has 2 heteroatoms. The minimum atomic E-state index is 0.599. The highest BCUT2D eigenvalue weighted by molar-refractivity contribution is 4.70. The van der Waals surface area contributed by atoms with E-state index in [-0.39, 0.29) is 0 Å². The van der Waals surface area contributed by atoms with Crippen LogP contribution in [0.25, 0.3) is 0 Å². The van der Waals surface area contributed by atoms with Crippen LogP contribution >= 0.6 is 0 Å². The first-order chi connectivity index (χ1) is 7.61. The molecule has 1 atom stereocenters. The first kappa shape index (κ1) is 15.9. The highest BCUT2D eigenvalue weighted by Gasteiger charge is 2.12. The Morgan fingerprint density at radius 2 is 1.44 bits per heavy atom. The molecule has 0 aliphatic carbocycles. The van der Waals surface area contributed by atoms with Crippen molar-refractivity contribution < 1.29 is 0 Å². The van der Waals surface area contributed by atoms with Gasteiger partial charge in [0, 0.05) is 18.6 Å². The number of hydrogen-bond donors (Lipinski definition) is 1. The molecular formula is C14H32N2. The topological polar surface area (TPSA) is 15.3 Å². The maximum Gasteiger partial charge on any atom is 0.0192 e. The molecule has 2 nitrogen and oxygen atoms in total. The molecule has 0 heterocycles. The van der Waals surface area contributed by atoms with Gasteiger partial charge in [0.25, 0.3) is 0 Å². The van der Waals surface area contributed by atoms with E-state index in [9.17, 15) is 0 Å². The van der Waals surface area contributed by atoms with Crippen molar-refractivity contribution in [3.8, 4) is 0 Å². The van der Waals surface area contributed by atoms with Gasteiger partial charge in [-0.15, -0.1) is 0 Å². The number of unbranched alkanes of at least 4 members (excludes halogenated alkanes) is 2. The van der Waals surface area contributed by atoms with Gasteiger partial charge in [-0.05, 0) is 32.9 Å². The molecule has 0 aliphatic rings. The second-order valence-corrected chi connectivity index (χ2v) is 5.16. The van der Waals surface area contributed by atoms with Crippen LogP contribution in [0.15, 0.2) is 0 Å². The molecule has 1 N–H and O–H groups in total. The second kappa shape index (κ2) is 10.1. The van der Waals surface area contributed by atoms with Gasteiger partial charge >= 0.3 is 0 Å². The maximum absolute atomic E-state index is 3.54. The minimum Gasteiger partial charge on any atom is -0.313 e.